The van der Waals surface area contributed by atoms with E-state index in [0.717, 1.165) is 44.0 Å². The highest BCUT2D eigenvalue weighted by Crippen LogP contribution is 2.07. The lowest BCUT2D eigenvalue weighted by Crippen LogP contribution is -2.12. The van der Waals surface area contributed by atoms with Gasteiger partial charge in [0, 0.05) is 13.1 Å². The molecule has 2 rings (SSSR count). The Bertz CT molecular complexity index is 513. The summed E-state index contributed by atoms with van der Waals surface area (Å²) in [4.78, 5) is 0. The van der Waals surface area contributed by atoms with E-state index in [2.05, 4.69) is 47.6 Å². The maximum absolute atomic E-state index is 4.54. The van der Waals surface area contributed by atoms with Crippen LogP contribution in [-0.4, -0.2) is 31.3 Å². The van der Waals surface area contributed by atoms with Gasteiger partial charge in [-0.15, -0.1) is 5.10 Å². The van der Waals surface area contributed by atoms with E-state index in [1.165, 1.54) is 5.69 Å². The van der Waals surface area contributed by atoms with Crippen molar-refractivity contribution >= 4 is 0 Å². The molecular formula is C13H22N6. The third kappa shape index (κ3) is 3.41. The molecule has 6 nitrogen and oxygen atoms in total. The molecule has 0 unspecified atom stereocenters. The van der Waals surface area contributed by atoms with Gasteiger partial charge < -0.3 is 5.32 Å². The number of hydrogen-bond donors (Lipinski definition) is 1. The number of hydrogen-bond acceptors (Lipinski definition) is 4. The van der Waals surface area contributed by atoms with E-state index in [4.69, 9.17) is 0 Å². The Labute approximate surface area is 113 Å². The van der Waals surface area contributed by atoms with Gasteiger partial charge in [0.15, 0.2) is 0 Å². The molecule has 2 aromatic rings. The molecule has 19 heavy (non-hydrogen) atoms. The molecule has 0 aromatic carbocycles. The predicted octanol–water partition coefficient (Wildman–Crippen LogP) is 1.21. The van der Waals surface area contributed by atoms with Crippen LogP contribution in [0.2, 0.25) is 0 Å². The number of nitrogens with one attached hydrogen (secondary N) is 1. The minimum atomic E-state index is 0.722. The molecule has 2 aromatic heterocycles. The van der Waals surface area contributed by atoms with Crippen LogP contribution >= 0.6 is 0 Å². The molecule has 0 amide bonds. The van der Waals surface area contributed by atoms with Crippen LogP contribution in [0.5, 0.6) is 0 Å². The number of aromatic nitrogens is 5. The van der Waals surface area contributed by atoms with Crippen LogP contribution in [0.1, 0.15) is 37.9 Å². The topological polar surface area (TPSA) is 60.6 Å². The Morgan fingerprint density at radius 1 is 1.21 bits per heavy atom. The van der Waals surface area contributed by atoms with Gasteiger partial charge in [-0.2, -0.15) is 5.10 Å². The number of rotatable bonds is 7. The summed E-state index contributed by atoms with van der Waals surface area (Å²) in [6.07, 6.45) is 2.95. The zero-order chi connectivity index (χ0) is 13.7. The molecule has 0 radical (unpaired) electrons. The molecule has 104 valence electrons. The third-order valence-corrected chi connectivity index (χ3v) is 3.04. The molecule has 1 N–H and O–H groups in total. The second kappa shape index (κ2) is 6.47. The summed E-state index contributed by atoms with van der Waals surface area (Å²) in [6.45, 7) is 9.62. The number of aryl methyl sites for hydroxylation is 2. The Morgan fingerprint density at radius 3 is 2.74 bits per heavy atom. The summed E-state index contributed by atoms with van der Waals surface area (Å²) in [6, 6.07) is 2.15. The van der Waals surface area contributed by atoms with E-state index in [-0.39, 0.29) is 0 Å². The first-order chi connectivity index (χ1) is 9.26. The van der Waals surface area contributed by atoms with Crippen molar-refractivity contribution in [2.24, 2.45) is 0 Å². The molecule has 0 spiro atoms. The molecule has 2 heterocycles. The van der Waals surface area contributed by atoms with Crippen LogP contribution < -0.4 is 5.32 Å². The van der Waals surface area contributed by atoms with Crippen molar-refractivity contribution in [3.8, 4) is 0 Å². The molecule has 0 fully saturated rings. The molecule has 0 aliphatic rings. The fraction of sp³-hybridized carbons (Fsp3) is 0.615. The van der Waals surface area contributed by atoms with Gasteiger partial charge >= 0.3 is 0 Å². The van der Waals surface area contributed by atoms with Crippen LogP contribution in [0.15, 0.2) is 12.3 Å². The van der Waals surface area contributed by atoms with E-state index in [1.54, 1.807) is 0 Å². The van der Waals surface area contributed by atoms with E-state index in [1.807, 2.05) is 15.6 Å². The van der Waals surface area contributed by atoms with E-state index in [9.17, 15) is 0 Å². The standard InChI is InChI=1S/C13H22N6/c1-4-11-7-13(19(6-3)16-11)10-18-9-12(15-17-18)8-14-5-2/h7,9,14H,4-6,8,10H2,1-3H3. The largest absolute Gasteiger partial charge is 0.311 e. The smallest absolute Gasteiger partial charge is 0.0964 e. The lowest BCUT2D eigenvalue weighted by molar-refractivity contribution is 0.563. The van der Waals surface area contributed by atoms with E-state index >= 15 is 0 Å². The highest BCUT2D eigenvalue weighted by atomic mass is 15.4. The van der Waals surface area contributed by atoms with Crippen molar-refractivity contribution in [1.82, 2.24) is 30.1 Å². The molecule has 0 saturated heterocycles. The SMILES string of the molecule is CCNCc1cn(Cc2cc(CC)nn2CC)nn1. The molecule has 0 atom stereocenters. The molecule has 0 aliphatic heterocycles. The third-order valence-electron chi connectivity index (χ3n) is 3.04. The Hall–Kier alpha value is -1.69. The fourth-order valence-corrected chi connectivity index (χ4v) is 2.00. The van der Waals surface area contributed by atoms with E-state index < -0.39 is 0 Å². The van der Waals surface area contributed by atoms with Crippen molar-refractivity contribution in [1.29, 1.82) is 0 Å². The lowest BCUT2D eigenvalue weighted by atomic mass is 10.3. The summed E-state index contributed by atoms with van der Waals surface area (Å²) < 4.78 is 3.90. The first kappa shape index (κ1) is 13.7. The highest BCUT2D eigenvalue weighted by molar-refractivity contribution is 5.11. The van der Waals surface area contributed by atoms with Crippen molar-refractivity contribution in [3.63, 3.8) is 0 Å². The Kier molecular flexibility index (Phi) is 4.68. The minimum absolute atomic E-state index is 0.722. The second-order valence-corrected chi connectivity index (χ2v) is 4.48. The van der Waals surface area contributed by atoms with Crippen LogP contribution in [0, 0.1) is 0 Å². The zero-order valence-corrected chi connectivity index (χ0v) is 11.9. The minimum Gasteiger partial charge on any atom is -0.311 e. The fourth-order valence-electron chi connectivity index (χ4n) is 2.00. The van der Waals surface area contributed by atoms with Gasteiger partial charge in [0.25, 0.3) is 0 Å². The first-order valence-corrected chi connectivity index (χ1v) is 6.92. The highest BCUT2D eigenvalue weighted by Gasteiger charge is 2.08. The molecule has 0 saturated carbocycles. The van der Waals surface area contributed by atoms with Gasteiger partial charge in [0.2, 0.25) is 0 Å². The number of nitrogens with zero attached hydrogens (tertiary/aromatic N) is 5. The van der Waals surface area contributed by atoms with Gasteiger partial charge in [0.1, 0.15) is 0 Å². The summed E-state index contributed by atoms with van der Waals surface area (Å²) in [5, 5.41) is 16.1. The van der Waals surface area contributed by atoms with Crippen LogP contribution in [0.4, 0.5) is 0 Å². The molecule has 6 heteroatoms. The summed E-state index contributed by atoms with van der Waals surface area (Å²) >= 11 is 0. The monoisotopic (exact) mass is 262 g/mol. The van der Waals surface area contributed by atoms with Gasteiger partial charge in [-0.1, -0.05) is 19.1 Å². The van der Waals surface area contributed by atoms with Crippen molar-refractivity contribution in [3.05, 3.63) is 29.3 Å². The summed E-state index contributed by atoms with van der Waals surface area (Å²) in [5.41, 5.74) is 3.28. The summed E-state index contributed by atoms with van der Waals surface area (Å²) in [5.74, 6) is 0. The quantitative estimate of drug-likeness (QED) is 0.815. The van der Waals surface area contributed by atoms with Crippen molar-refractivity contribution < 1.29 is 0 Å². The van der Waals surface area contributed by atoms with Crippen LogP contribution in [0.3, 0.4) is 0 Å². The Morgan fingerprint density at radius 2 is 2.05 bits per heavy atom. The molecule has 0 aliphatic carbocycles. The van der Waals surface area contributed by atoms with E-state index in [0.29, 0.717) is 0 Å². The first-order valence-electron chi connectivity index (χ1n) is 6.92. The van der Waals surface area contributed by atoms with Crippen molar-refractivity contribution in [2.75, 3.05) is 6.54 Å². The average molecular weight is 262 g/mol. The van der Waals surface area contributed by atoms with Gasteiger partial charge in [-0.25, -0.2) is 4.68 Å². The maximum Gasteiger partial charge on any atom is 0.0964 e. The van der Waals surface area contributed by atoms with Gasteiger partial charge in [-0.3, -0.25) is 4.68 Å². The zero-order valence-electron chi connectivity index (χ0n) is 11.9. The molecule has 0 bridgehead atoms. The van der Waals surface area contributed by atoms with Crippen LogP contribution in [-0.2, 0) is 26.1 Å². The second-order valence-electron chi connectivity index (χ2n) is 4.48. The average Bonchev–Trinajstić information content (AvgIpc) is 3.03. The van der Waals surface area contributed by atoms with Gasteiger partial charge in [-0.05, 0) is 26.0 Å². The lowest BCUT2D eigenvalue weighted by Gasteiger charge is -2.03. The maximum atomic E-state index is 4.54. The van der Waals surface area contributed by atoms with Gasteiger partial charge in [0.05, 0.1) is 29.8 Å². The molecular weight excluding hydrogens is 240 g/mol. The predicted molar refractivity (Wildman–Crippen MR) is 73.8 cm³/mol. The van der Waals surface area contributed by atoms with Crippen molar-refractivity contribution in [2.45, 2.75) is 46.8 Å². The summed E-state index contributed by atoms with van der Waals surface area (Å²) in [7, 11) is 0. The Balaban J connectivity index is 2.07. The van der Waals surface area contributed by atoms with Crippen LogP contribution in [0.25, 0.3) is 0 Å². The normalized spacial score (nSPS) is 11.1.